The second kappa shape index (κ2) is 4.71. The molecule has 1 aliphatic carbocycles. The maximum Gasteiger partial charge on any atom is 0.278 e. The van der Waals surface area contributed by atoms with E-state index in [4.69, 9.17) is 0 Å². The zero-order chi connectivity index (χ0) is 16.3. The highest BCUT2D eigenvalue weighted by Gasteiger charge is 2.47. The Bertz CT molecular complexity index is 641. The Labute approximate surface area is 132 Å². The van der Waals surface area contributed by atoms with Crippen LogP contribution in [0.3, 0.4) is 0 Å². The van der Waals surface area contributed by atoms with Crippen LogP contribution in [-0.2, 0) is 10.8 Å². The Kier molecular flexibility index (Phi) is 3.28. The second-order valence-corrected chi connectivity index (χ2v) is 8.19. The molecule has 4 heteroatoms. The summed E-state index contributed by atoms with van der Waals surface area (Å²) >= 11 is 0. The predicted molar refractivity (Wildman–Crippen MR) is 89.9 cm³/mol. The molecule has 22 heavy (non-hydrogen) atoms. The Morgan fingerprint density at radius 3 is 2.27 bits per heavy atom. The molecule has 1 saturated heterocycles. The average molecular weight is 302 g/mol. The number of nitro groups is 1. The fourth-order valence-corrected chi connectivity index (χ4v) is 4.78. The number of hydrogen-bond acceptors (Lipinski definition) is 3. The van der Waals surface area contributed by atoms with Crippen molar-refractivity contribution in [2.45, 2.75) is 64.7 Å². The van der Waals surface area contributed by atoms with Crippen molar-refractivity contribution in [1.82, 2.24) is 0 Å². The Morgan fingerprint density at radius 1 is 1.14 bits per heavy atom. The van der Waals surface area contributed by atoms with Crippen molar-refractivity contribution in [3.8, 4) is 0 Å². The van der Waals surface area contributed by atoms with Gasteiger partial charge in [-0.25, -0.2) is 0 Å². The molecule has 0 saturated carbocycles. The normalized spacial score (nSPS) is 22.0. The maximum atomic E-state index is 11.8. The minimum atomic E-state index is -0.156. The lowest BCUT2D eigenvalue weighted by Crippen LogP contribution is -2.21. The zero-order valence-corrected chi connectivity index (χ0v) is 14.3. The average Bonchev–Trinajstić information content (AvgIpc) is 2.94. The Morgan fingerprint density at radius 2 is 1.73 bits per heavy atom. The van der Waals surface area contributed by atoms with Gasteiger partial charge in [-0.3, -0.25) is 10.1 Å². The van der Waals surface area contributed by atoms with Gasteiger partial charge in [-0.2, -0.15) is 0 Å². The van der Waals surface area contributed by atoms with Crippen LogP contribution in [0.15, 0.2) is 6.07 Å². The topological polar surface area (TPSA) is 46.4 Å². The first-order chi connectivity index (χ1) is 10.1. The van der Waals surface area contributed by atoms with E-state index in [-0.39, 0.29) is 15.8 Å². The highest BCUT2D eigenvalue weighted by Crippen LogP contribution is 2.55. The van der Waals surface area contributed by atoms with Gasteiger partial charge in [0.15, 0.2) is 0 Å². The molecule has 1 aromatic carbocycles. The molecule has 0 spiro atoms. The van der Waals surface area contributed by atoms with E-state index < -0.39 is 0 Å². The third-order valence-corrected chi connectivity index (χ3v) is 5.45. The zero-order valence-electron chi connectivity index (χ0n) is 14.3. The van der Waals surface area contributed by atoms with E-state index in [0.29, 0.717) is 5.69 Å². The predicted octanol–water partition coefficient (Wildman–Crippen LogP) is 4.46. The van der Waals surface area contributed by atoms with Crippen molar-refractivity contribution in [2.24, 2.45) is 0 Å². The molecule has 0 atom stereocenters. The van der Waals surface area contributed by atoms with Gasteiger partial charge in [0.2, 0.25) is 0 Å². The van der Waals surface area contributed by atoms with E-state index in [0.717, 1.165) is 36.3 Å². The van der Waals surface area contributed by atoms with Crippen molar-refractivity contribution in [2.75, 3.05) is 18.0 Å². The largest absolute Gasteiger partial charge is 0.371 e. The lowest BCUT2D eigenvalue weighted by atomic mass is 9.81. The lowest BCUT2D eigenvalue weighted by Gasteiger charge is -2.25. The van der Waals surface area contributed by atoms with E-state index >= 15 is 0 Å². The number of benzene rings is 1. The van der Waals surface area contributed by atoms with Crippen LogP contribution in [-0.4, -0.2) is 18.0 Å². The molecule has 1 heterocycles. The molecule has 0 N–H and O–H groups in total. The van der Waals surface area contributed by atoms with Crippen LogP contribution in [0.1, 0.15) is 63.6 Å². The Hall–Kier alpha value is -1.58. The van der Waals surface area contributed by atoms with Gasteiger partial charge in [-0.15, -0.1) is 0 Å². The molecule has 0 radical (unpaired) electrons. The van der Waals surface area contributed by atoms with Crippen molar-refractivity contribution < 1.29 is 4.92 Å². The molecule has 0 bridgehead atoms. The van der Waals surface area contributed by atoms with Gasteiger partial charge in [0, 0.05) is 24.3 Å². The molecule has 1 aromatic rings. The summed E-state index contributed by atoms with van der Waals surface area (Å²) in [4.78, 5) is 14.0. The SMILES string of the molecule is Cc1c(N2CCCC2)cc2c(c1[N+](=O)[O-])C(C)(C)CC2(C)C. The van der Waals surface area contributed by atoms with E-state index in [1.165, 1.54) is 18.4 Å². The summed E-state index contributed by atoms with van der Waals surface area (Å²) < 4.78 is 0. The highest BCUT2D eigenvalue weighted by molar-refractivity contribution is 5.71. The molecule has 1 fully saturated rings. The number of hydrogen-bond donors (Lipinski definition) is 0. The summed E-state index contributed by atoms with van der Waals surface area (Å²) in [5.74, 6) is 0. The first-order valence-electron chi connectivity index (χ1n) is 8.23. The van der Waals surface area contributed by atoms with Crippen LogP contribution in [0.4, 0.5) is 11.4 Å². The van der Waals surface area contributed by atoms with Crippen molar-refractivity contribution in [3.63, 3.8) is 0 Å². The minimum Gasteiger partial charge on any atom is -0.371 e. The van der Waals surface area contributed by atoms with Gasteiger partial charge in [0.05, 0.1) is 10.5 Å². The first kappa shape index (κ1) is 15.3. The van der Waals surface area contributed by atoms with Gasteiger partial charge < -0.3 is 4.90 Å². The smallest absolute Gasteiger partial charge is 0.278 e. The fourth-order valence-electron chi connectivity index (χ4n) is 4.78. The molecule has 0 unspecified atom stereocenters. The van der Waals surface area contributed by atoms with Crippen LogP contribution in [0.2, 0.25) is 0 Å². The third-order valence-electron chi connectivity index (χ3n) is 5.45. The number of nitro benzene ring substituents is 1. The molecule has 3 rings (SSSR count). The number of anilines is 1. The summed E-state index contributed by atoms with van der Waals surface area (Å²) in [5, 5.41) is 11.8. The summed E-state index contributed by atoms with van der Waals surface area (Å²) in [6.45, 7) is 12.7. The standard InChI is InChI=1S/C18H26N2O2/c1-12-14(19-8-6-7-9-19)10-13-15(16(12)20(21)22)18(4,5)11-17(13,2)3/h10H,6-9,11H2,1-5H3. The number of fused-ring (bicyclic) bond motifs is 1. The molecule has 0 amide bonds. The highest BCUT2D eigenvalue weighted by atomic mass is 16.6. The quantitative estimate of drug-likeness (QED) is 0.598. The van der Waals surface area contributed by atoms with Crippen molar-refractivity contribution >= 4 is 11.4 Å². The van der Waals surface area contributed by atoms with Crippen LogP contribution >= 0.6 is 0 Å². The first-order valence-corrected chi connectivity index (χ1v) is 8.23. The van der Waals surface area contributed by atoms with Crippen molar-refractivity contribution in [1.29, 1.82) is 0 Å². The molecule has 2 aliphatic rings. The molecular formula is C18H26N2O2. The fraction of sp³-hybridized carbons (Fsp3) is 0.667. The molecular weight excluding hydrogens is 276 g/mol. The Balaban J connectivity index is 2.31. The van der Waals surface area contributed by atoms with E-state index in [9.17, 15) is 10.1 Å². The minimum absolute atomic E-state index is 0.00817. The van der Waals surface area contributed by atoms with Crippen LogP contribution in [0, 0.1) is 17.0 Å². The van der Waals surface area contributed by atoms with Gasteiger partial charge in [0.25, 0.3) is 5.69 Å². The molecule has 0 aromatic heterocycles. The van der Waals surface area contributed by atoms with Gasteiger partial charge in [0.1, 0.15) is 0 Å². The monoisotopic (exact) mass is 302 g/mol. The second-order valence-electron chi connectivity index (χ2n) is 8.19. The number of nitrogens with zero attached hydrogens (tertiary/aromatic N) is 2. The third kappa shape index (κ3) is 2.11. The summed E-state index contributed by atoms with van der Waals surface area (Å²) in [7, 11) is 0. The maximum absolute atomic E-state index is 11.8. The number of rotatable bonds is 2. The lowest BCUT2D eigenvalue weighted by molar-refractivity contribution is -0.386. The van der Waals surface area contributed by atoms with Crippen LogP contribution in [0.25, 0.3) is 0 Å². The van der Waals surface area contributed by atoms with Gasteiger partial charge in [-0.05, 0) is 48.6 Å². The van der Waals surface area contributed by atoms with Gasteiger partial charge >= 0.3 is 0 Å². The molecule has 1 aliphatic heterocycles. The van der Waals surface area contributed by atoms with E-state index in [2.05, 4.69) is 38.7 Å². The van der Waals surface area contributed by atoms with E-state index in [1.54, 1.807) is 0 Å². The van der Waals surface area contributed by atoms with Crippen LogP contribution < -0.4 is 4.90 Å². The van der Waals surface area contributed by atoms with Crippen LogP contribution in [0.5, 0.6) is 0 Å². The molecule has 4 nitrogen and oxygen atoms in total. The summed E-state index contributed by atoms with van der Waals surface area (Å²) in [5.41, 5.74) is 4.26. The van der Waals surface area contributed by atoms with Crippen molar-refractivity contribution in [3.05, 3.63) is 32.9 Å². The van der Waals surface area contributed by atoms with Gasteiger partial charge in [-0.1, -0.05) is 27.7 Å². The molecule has 120 valence electrons. The van der Waals surface area contributed by atoms with E-state index in [1.807, 2.05) is 6.92 Å². The summed E-state index contributed by atoms with van der Waals surface area (Å²) in [6.07, 6.45) is 3.32. The summed E-state index contributed by atoms with van der Waals surface area (Å²) in [6, 6.07) is 2.25.